The lowest BCUT2D eigenvalue weighted by Gasteiger charge is -2.20. The monoisotopic (exact) mass is 555 g/mol. The van der Waals surface area contributed by atoms with Crippen LogP contribution in [0.25, 0.3) is 11.1 Å². The molecule has 0 amide bonds. The van der Waals surface area contributed by atoms with Gasteiger partial charge in [0.2, 0.25) is 0 Å². The summed E-state index contributed by atoms with van der Waals surface area (Å²) in [6, 6.07) is 29.1. The zero-order chi connectivity index (χ0) is 28.5. The minimum Gasteiger partial charge on any atom is -0.492 e. The number of ether oxygens (including phenoxy) is 1. The van der Waals surface area contributed by atoms with E-state index < -0.39 is 21.9 Å². The van der Waals surface area contributed by atoms with E-state index in [1.807, 2.05) is 6.92 Å². The van der Waals surface area contributed by atoms with E-state index in [1.54, 1.807) is 84.9 Å². The summed E-state index contributed by atoms with van der Waals surface area (Å²) in [5.74, 6) is 0.565. The quantitative estimate of drug-likeness (QED) is 0.194. The van der Waals surface area contributed by atoms with Gasteiger partial charge in [-0.3, -0.25) is 4.55 Å². The Labute approximate surface area is 226 Å². The standard InChI is InChI=1S/C23H20F3NO.C7H8O3S/c24-23(25,26)22(19-9-5-2-6-10-19)21(17-7-3-1-4-8-17)18-11-13-20(14-12-18)28-16-15-27;1-6-2-4-7(5-3-6)11(8,9)10/h1-14H,15-16,27H2;2-5H,1H3,(H,8,9,10). The van der Waals surface area contributed by atoms with E-state index in [-0.39, 0.29) is 16.0 Å². The predicted molar refractivity (Wildman–Crippen MR) is 147 cm³/mol. The number of nitrogens with two attached hydrogens (primary N) is 1. The molecule has 4 aromatic carbocycles. The van der Waals surface area contributed by atoms with Crippen molar-refractivity contribution < 1.29 is 30.9 Å². The molecule has 3 N–H and O–H groups in total. The molecule has 0 aliphatic heterocycles. The predicted octanol–water partition coefficient (Wildman–Crippen LogP) is 6.79. The van der Waals surface area contributed by atoms with Crippen molar-refractivity contribution in [1.82, 2.24) is 0 Å². The molecule has 9 heteroatoms. The summed E-state index contributed by atoms with van der Waals surface area (Å²) in [5, 5.41) is 0. The van der Waals surface area contributed by atoms with E-state index in [9.17, 15) is 21.6 Å². The van der Waals surface area contributed by atoms with Crippen molar-refractivity contribution in [2.45, 2.75) is 18.0 Å². The molecule has 204 valence electrons. The van der Waals surface area contributed by atoms with Gasteiger partial charge < -0.3 is 10.5 Å². The molecule has 5 nitrogen and oxygen atoms in total. The molecule has 0 bridgehead atoms. The second kappa shape index (κ2) is 13.2. The fourth-order valence-corrected chi connectivity index (χ4v) is 4.20. The van der Waals surface area contributed by atoms with Gasteiger partial charge in [0, 0.05) is 12.1 Å². The molecule has 39 heavy (non-hydrogen) atoms. The summed E-state index contributed by atoms with van der Waals surface area (Å²) < 4.78 is 77.5. The SMILES string of the molecule is Cc1ccc(S(=O)(=O)O)cc1.NCCOc1ccc(C(=C(c2ccccc2)C(F)(F)F)c2ccccc2)cc1. The van der Waals surface area contributed by atoms with Crippen LogP contribution in [-0.2, 0) is 10.1 Å². The molecular formula is C30H28F3NO4S. The third-order valence-electron chi connectivity index (χ3n) is 5.51. The van der Waals surface area contributed by atoms with Gasteiger partial charge in [-0.25, -0.2) is 0 Å². The first-order chi connectivity index (χ1) is 18.5. The van der Waals surface area contributed by atoms with Crippen molar-refractivity contribution in [3.63, 3.8) is 0 Å². The number of aryl methyl sites for hydroxylation is 1. The average molecular weight is 556 g/mol. The summed E-state index contributed by atoms with van der Waals surface area (Å²) in [6.45, 7) is 2.55. The van der Waals surface area contributed by atoms with E-state index in [1.165, 1.54) is 24.3 Å². The molecule has 0 spiro atoms. The highest BCUT2D eigenvalue weighted by Gasteiger charge is 2.38. The van der Waals surface area contributed by atoms with E-state index in [0.717, 1.165) is 5.56 Å². The Bertz CT molecular complexity index is 1470. The molecule has 0 aromatic heterocycles. The van der Waals surface area contributed by atoms with Crippen LogP contribution < -0.4 is 10.5 Å². The molecule has 0 saturated carbocycles. The molecule has 0 fully saturated rings. The van der Waals surface area contributed by atoms with Crippen LogP contribution in [0.5, 0.6) is 5.75 Å². The van der Waals surface area contributed by atoms with Gasteiger partial charge in [-0.05, 0) is 47.9 Å². The fourth-order valence-electron chi connectivity index (χ4n) is 3.72. The van der Waals surface area contributed by atoms with E-state index in [2.05, 4.69) is 0 Å². The maximum Gasteiger partial charge on any atom is 0.417 e. The molecule has 0 heterocycles. The molecule has 4 aromatic rings. The number of hydrogen-bond donors (Lipinski definition) is 2. The van der Waals surface area contributed by atoms with E-state index in [0.29, 0.717) is 30.0 Å². The molecular weight excluding hydrogens is 527 g/mol. The second-order valence-electron chi connectivity index (χ2n) is 8.43. The molecule has 0 atom stereocenters. The molecule has 4 rings (SSSR count). The Kier molecular flexibility index (Phi) is 10.1. The van der Waals surface area contributed by atoms with Crippen LogP contribution >= 0.6 is 0 Å². The minimum atomic E-state index is -4.53. The van der Waals surface area contributed by atoms with Crippen LogP contribution in [0.2, 0.25) is 0 Å². The van der Waals surface area contributed by atoms with Crippen LogP contribution in [-0.4, -0.2) is 32.3 Å². The number of halogens is 3. The number of alkyl halides is 3. The zero-order valence-corrected chi connectivity index (χ0v) is 21.9. The van der Waals surface area contributed by atoms with Crippen LogP contribution in [0, 0.1) is 6.92 Å². The van der Waals surface area contributed by atoms with Gasteiger partial charge in [0.05, 0.1) is 10.5 Å². The van der Waals surface area contributed by atoms with Crippen molar-refractivity contribution >= 4 is 21.3 Å². The summed E-state index contributed by atoms with van der Waals surface area (Å²) in [7, 11) is -4.02. The number of rotatable bonds is 7. The van der Waals surface area contributed by atoms with Crippen LogP contribution in [0.4, 0.5) is 13.2 Å². The van der Waals surface area contributed by atoms with Crippen molar-refractivity contribution in [3.05, 3.63) is 131 Å². The number of hydrogen-bond acceptors (Lipinski definition) is 4. The Balaban J connectivity index is 0.000000320. The van der Waals surface area contributed by atoms with Gasteiger partial charge in [0.1, 0.15) is 12.4 Å². The van der Waals surface area contributed by atoms with Crippen molar-refractivity contribution in [2.75, 3.05) is 13.2 Å². The summed E-state index contributed by atoms with van der Waals surface area (Å²) >= 11 is 0. The highest BCUT2D eigenvalue weighted by Crippen LogP contribution is 2.42. The maximum atomic E-state index is 14.2. The lowest BCUT2D eigenvalue weighted by molar-refractivity contribution is -0.0685. The highest BCUT2D eigenvalue weighted by molar-refractivity contribution is 7.85. The van der Waals surface area contributed by atoms with Crippen molar-refractivity contribution in [1.29, 1.82) is 0 Å². The average Bonchev–Trinajstić information content (AvgIpc) is 2.91. The normalized spacial score (nSPS) is 12.2. The Morgan fingerprint density at radius 1 is 0.769 bits per heavy atom. The van der Waals surface area contributed by atoms with E-state index in [4.69, 9.17) is 15.0 Å². The largest absolute Gasteiger partial charge is 0.492 e. The zero-order valence-electron chi connectivity index (χ0n) is 21.1. The Morgan fingerprint density at radius 2 is 1.26 bits per heavy atom. The third kappa shape index (κ3) is 8.54. The topological polar surface area (TPSA) is 89.6 Å². The van der Waals surface area contributed by atoms with Gasteiger partial charge in [-0.1, -0.05) is 90.5 Å². The smallest absolute Gasteiger partial charge is 0.417 e. The third-order valence-corrected chi connectivity index (χ3v) is 6.37. The van der Waals surface area contributed by atoms with Crippen LogP contribution in [0.15, 0.2) is 114 Å². The van der Waals surface area contributed by atoms with E-state index >= 15 is 0 Å². The molecule has 0 saturated heterocycles. The van der Waals surface area contributed by atoms with Crippen LogP contribution in [0.3, 0.4) is 0 Å². The first-order valence-corrected chi connectivity index (χ1v) is 13.3. The van der Waals surface area contributed by atoms with Gasteiger partial charge in [0.25, 0.3) is 10.1 Å². The van der Waals surface area contributed by atoms with Gasteiger partial charge >= 0.3 is 6.18 Å². The number of benzene rings is 4. The van der Waals surface area contributed by atoms with Crippen molar-refractivity contribution in [3.8, 4) is 5.75 Å². The molecule has 0 aliphatic carbocycles. The highest BCUT2D eigenvalue weighted by atomic mass is 32.2. The summed E-state index contributed by atoms with van der Waals surface area (Å²) in [6.07, 6.45) is -4.53. The first-order valence-electron chi connectivity index (χ1n) is 11.9. The minimum absolute atomic E-state index is 0.0666. The summed E-state index contributed by atoms with van der Waals surface area (Å²) in [4.78, 5) is -0.0666. The fraction of sp³-hybridized carbons (Fsp3) is 0.133. The Hall–Kier alpha value is -3.92. The first kappa shape index (κ1) is 29.6. The van der Waals surface area contributed by atoms with Gasteiger partial charge in [-0.15, -0.1) is 0 Å². The van der Waals surface area contributed by atoms with Crippen molar-refractivity contribution in [2.24, 2.45) is 5.73 Å². The second-order valence-corrected chi connectivity index (χ2v) is 9.85. The molecule has 0 unspecified atom stereocenters. The number of allylic oxidation sites excluding steroid dienone is 1. The van der Waals surface area contributed by atoms with Gasteiger partial charge in [-0.2, -0.15) is 21.6 Å². The molecule has 0 aliphatic rings. The lowest BCUT2D eigenvalue weighted by atomic mass is 9.89. The van der Waals surface area contributed by atoms with Crippen LogP contribution in [0.1, 0.15) is 22.3 Å². The molecule has 0 radical (unpaired) electrons. The maximum absolute atomic E-state index is 14.2. The summed E-state index contributed by atoms with van der Waals surface area (Å²) in [5.41, 5.74) is 6.92. The Morgan fingerprint density at radius 3 is 1.72 bits per heavy atom. The van der Waals surface area contributed by atoms with Gasteiger partial charge in [0.15, 0.2) is 0 Å². The lowest BCUT2D eigenvalue weighted by Crippen LogP contribution is -2.14.